The van der Waals surface area contributed by atoms with E-state index in [1.165, 1.54) is 0 Å². The first-order valence-corrected chi connectivity index (χ1v) is 22.0. The highest BCUT2D eigenvalue weighted by Gasteiger charge is 2.19. The molecule has 0 radical (unpaired) electrons. The third-order valence-corrected chi connectivity index (χ3v) is 12.3. The molecule has 8 aromatic carbocycles. The first-order valence-electron chi connectivity index (χ1n) is 22.0. The summed E-state index contributed by atoms with van der Waals surface area (Å²) in [6.45, 7) is 0. The molecule has 12 aromatic rings. The lowest BCUT2D eigenvalue weighted by Crippen LogP contribution is -2.01. The summed E-state index contributed by atoms with van der Waals surface area (Å²) in [5, 5.41) is 4.47. The summed E-state index contributed by atoms with van der Waals surface area (Å²) in [5.41, 5.74) is 15.0. The lowest BCUT2D eigenvalue weighted by atomic mass is 9.89. The van der Waals surface area contributed by atoms with Crippen LogP contribution < -0.4 is 0 Å². The zero-order chi connectivity index (χ0) is 43.8. The van der Waals surface area contributed by atoms with Crippen molar-refractivity contribution in [3.8, 4) is 89.9 Å². The van der Waals surface area contributed by atoms with Crippen LogP contribution in [0.3, 0.4) is 0 Å². The Kier molecular flexibility index (Phi) is 9.73. The Hall–Kier alpha value is -9.00. The zero-order valence-corrected chi connectivity index (χ0v) is 35.6. The smallest absolute Gasteiger partial charge is 0.164 e. The molecule has 0 aliphatic rings. The molecule has 6 nitrogen and oxygen atoms in total. The maximum Gasteiger partial charge on any atom is 0.164 e. The number of aromatic nitrogens is 6. The van der Waals surface area contributed by atoms with Gasteiger partial charge in [-0.2, -0.15) is 0 Å². The zero-order valence-electron chi connectivity index (χ0n) is 35.6. The van der Waals surface area contributed by atoms with Crippen molar-refractivity contribution in [1.82, 2.24) is 29.9 Å². The van der Waals surface area contributed by atoms with E-state index in [2.05, 4.69) is 156 Å². The lowest BCUT2D eigenvalue weighted by Gasteiger charge is -2.16. The second kappa shape index (κ2) is 16.6. The van der Waals surface area contributed by atoms with Gasteiger partial charge in [0.15, 0.2) is 17.5 Å². The highest BCUT2D eigenvalue weighted by Crippen LogP contribution is 2.41. The van der Waals surface area contributed by atoms with Gasteiger partial charge in [0.05, 0.1) is 16.7 Å². The van der Waals surface area contributed by atoms with Gasteiger partial charge in [0.2, 0.25) is 0 Å². The van der Waals surface area contributed by atoms with Crippen molar-refractivity contribution in [2.75, 3.05) is 0 Å². The van der Waals surface area contributed by atoms with E-state index in [-0.39, 0.29) is 0 Å². The first-order chi connectivity index (χ1) is 32.7. The van der Waals surface area contributed by atoms with E-state index in [4.69, 9.17) is 19.9 Å². The van der Waals surface area contributed by atoms with E-state index < -0.39 is 0 Å². The molecule has 4 aromatic heterocycles. The average Bonchev–Trinajstić information content (AvgIpc) is 3.40. The molecule has 0 N–H and O–H groups in total. The Morgan fingerprint density at radius 1 is 0.242 bits per heavy atom. The largest absolute Gasteiger partial charge is 0.256 e. The molecule has 0 amide bonds. The molecule has 0 spiro atoms. The van der Waals surface area contributed by atoms with Crippen molar-refractivity contribution < 1.29 is 0 Å². The molecule has 0 fully saturated rings. The monoisotopic (exact) mass is 842 g/mol. The maximum atomic E-state index is 5.33. The fourth-order valence-corrected chi connectivity index (χ4v) is 9.14. The predicted octanol–water partition coefficient (Wildman–Crippen LogP) is 14.9. The summed E-state index contributed by atoms with van der Waals surface area (Å²) in [4.78, 5) is 30.1. The van der Waals surface area contributed by atoms with Crippen LogP contribution in [0.4, 0.5) is 0 Å². The van der Waals surface area contributed by atoms with Crippen LogP contribution in [0, 0.1) is 0 Å². The fourth-order valence-electron chi connectivity index (χ4n) is 9.14. The van der Waals surface area contributed by atoms with E-state index >= 15 is 0 Å². The van der Waals surface area contributed by atoms with Gasteiger partial charge in [-0.3, -0.25) is 15.0 Å². The Bertz CT molecular complexity index is 3750. The normalized spacial score (nSPS) is 11.3. The van der Waals surface area contributed by atoms with Crippen molar-refractivity contribution in [3.05, 3.63) is 231 Å². The molecule has 0 saturated heterocycles. The van der Waals surface area contributed by atoms with Gasteiger partial charge in [-0.05, 0) is 98.2 Å². The number of pyridine rings is 3. The van der Waals surface area contributed by atoms with Gasteiger partial charge in [-0.15, -0.1) is 0 Å². The molecule has 0 aliphatic carbocycles. The van der Waals surface area contributed by atoms with Crippen molar-refractivity contribution >= 4 is 32.6 Å². The minimum Gasteiger partial charge on any atom is -0.256 e. The molecule has 0 bridgehead atoms. The molecule has 0 atom stereocenters. The summed E-state index contributed by atoms with van der Waals surface area (Å²) < 4.78 is 0. The summed E-state index contributed by atoms with van der Waals surface area (Å²) in [6, 6.07) is 73.7. The second-order valence-corrected chi connectivity index (χ2v) is 16.3. The number of hydrogen-bond donors (Lipinski definition) is 0. The van der Waals surface area contributed by atoms with Crippen LogP contribution in [-0.2, 0) is 0 Å². The van der Waals surface area contributed by atoms with Crippen LogP contribution in [0.5, 0.6) is 0 Å². The van der Waals surface area contributed by atoms with Gasteiger partial charge in [-0.1, -0.05) is 164 Å². The fraction of sp³-hybridized carbons (Fsp3) is 0. The van der Waals surface area contributed by atoms with E-state index in [0.717, 1.165) is 105 Å². The molecule has 4 heterocycles. The van der Waals surface area contributed by atoms with E-state index in [9.17, 15) is 0 Å². The van der Waals surface area contributed by atoms with Crippen LogP contribution in [0.15, 0.2) is 231 Å². The topological polar surface area (TPSA) is 77.3 Å². The van der Waals surface area contributed by atoms with Crippen molar-refractivity contribution in [1.29, 1.82) is 0 Å². The number of fused-ring (bicyclic) bond motifs is 3. The standard InChI is InChI=1S/C60H38N6/c1-3-15-39(16-4-1)45-19-7-10-22-54(45)60-65-58(40-17-5-2-6-18-40)64-59(66-60)44-36-42(41-29-32-57(63-38-41)52-24-12-28-56-53(52)26-14-34-62-56)35-43(37-44)46-30-31-50(48-21-9-8-20-47(46)48)49-23-11-27-55-51(49)25-13-33-61-55/h1-38H. The third-order valence-electron chi connectivity index (χ3n) is 12.3. The Morgan fingerprint density at radius 3 is 1.47 bits per heavy atom. The Labute approximate surface area is 381 Å². The second-order valence-electron chi connectivity index (χ2n) is 16.3. The molecule has 0 unspecified atom stereocenters. The first kappa shape index (κ1) is 38.7. The van der Waals surface area contributed by atoms with Crippen molar-refractivity contribution in [2.45, 2.75) is 0 Å². The number of nitrogens with zero attached hydrogens (tertiary/aromatic N) is 6. The molecule has 66 heavy (non-hydrogen) atoms. The van der Waals surface area contributed by atoms with Gasteiger partial charge >= 0.3 is 0 Å². The summed E-state index contributed by atoms with van der Waals surface area (Å²) in [6.07, 6.45) is 5.64. The van der Waals surface area contributed by atoms with E-state index in [1.807, 2.05) is 85.3 Å². The Balaban J connectivity index is 1.07. The van der Waals surface area contributed by atoms with Gasteiger partial charge in [-0.25, -0.2) is 15.0 Å². The third kappa shape index (κ3) is 7.13. The molecule has 0 saturated carbocycles. The van der Waals surface area contributed by atoms with Crippen LogP contribution in [-0.4, -0.2) is 29.9 Å². The van der Waals surface area contributed by atoms with E-state index in [1.54, 1.807) is 0 Å². The van der Waals surface area contributed by atoms with Crippen molar-refractivity contribution in [2.24, 2.45) is 0 Å². The number of hydrogen-bond acceptors (Lipinski definition) is 6. The van der Waals surface area contributed by atoms with Crippen LogP contribution >= 0.6 is 0 Å². The molecular formula is C60H38N6. The summed E-state index contributed by atoms with van der Waals surface area (Å²) in [5.74, 6) is 1.77. The molecule has 6 heteroatoms. The van der Waals surface area contributed by atoms with Crippen LogP contribution in [0.25, 0.3) is 123 Å². The van der Waals surface area contributed by atoms with Crippen molar-refractivity contribution in [3.63, 3.8) is 0 Å². The molecule has 0 aliphatic heterocycles. The highest BCUT2D eigenvalue weighted by molar-refractivity contribution is 6.09. The van der Waals surface area contributed by atoms with Crippen LogP contribution in [0.2, 0.25) is 0 Å². The van der Waals surface area contributed by atoms with Gasteiger partial charge in [0.1, 0.15) is 0 Å². The lowest BCUT2D eigenvalue weighted by molar-refractivity contribution is 1.07. The average molecular weight is 843 g/mol. The molecule has 12 rings (SSSR count). The van der Waals surface area contributed by atoms with Gasteiger partial charge in [0, 0.05) is 57.2 Å². The maximum absolute atomic E-state index is 5.33. The number of benzene rings is 8. The highest BCUT2D eigenvalue weighted by atomic mass is 15.0. The SMILES string of the molecule is c1ccc(-c2nc(-c3cc(-c4ccc(-c5cccc6ncccc56)nc4)cc(-c4ccc(-c5cccc6ncccc56)c5ccccc45)c3)nc(-c3ccccc3-c3ccccc3)n2)cc1. The van der Waals surface area contributed by atoms with Crippen LogP contribution in [0.1, 0.15) is 0 Å². The molecular weight excluding hydrogens is 805 g/mol. The minimum absolute atomic E-state index is 0.571. The molecule has 308 valence electrons. The van der Waals surface area contributed by atoms with E-state index in [0.29, 0.717) is 17.5 Å². The summed E-state index contributed by atoms with van der Waals surface area (Å²) >= 11 is 0. The minimum atomic E-state index is 0.571. The van der Waals surface area contributed by atoms with Gasteiger partial charge in [0.25, 0.3) is 0 Å². The Morgan fingerprint density at radius 2 is 0.758 bits per heavy atom. The predicted molar refractivity (Wildman–Crippen MR) is 269 cm³/mol. The van der Waals surface area contributed by atoms with Gasteiger partial charge < -0.3 is 0 Å². The number of rotatable bonds is 8. The summed E-state index contributed by atoms with van der Waals surface area (Å²) in [7, 11) is 0. The quantitative estimate of drug-likeness (QED) is 0.152.